The van der Waals surface area contributed by atoms with Crippen LogP contribution in [0.15, 0.2) is 12.3 Å². The number of unbranched alkanes of at least 4 members (excludes halogenated alkanes) is 36. The van der Waals surface area contributed by atoms with Crippen molar-refractivity contribution < 1.29 is 13.6 Å². The van der Waals surface area contributed by atoms with E-state index in [0.29, 0.717) is 0 Å². The minimum atomic E-state index is -2.87. The van der Waals surface area contributed by atoms with Gasteiger partial charge >= 0.3 is 7.60 Å². The van der Waals surface area contributed by atoms with Crippen molar-refractivity contribution in [2.24, 2.45) is 0 Å². The summed E-state index contributed by atoms with van der Waals surface area (Å²) in [5, 5.41) is 0. The van der Waals surface area contributed by atoms with Gasteiger partial charge in [0.15, 0.2) is 0 Å². The Morgan fingerprint density at radius 2 is 0.609 bits per heavy atom. The average Bonchev–Trinajstić information content (AvgIpc) is 3.05. The zero-order chi connectivity index (χ0) is 33.5. The van der Waals surface area contributed by atoms with E-state index in [4.69, 9.17) is 9.05 Å². The first-order valence-electron chi connectivity index (χ1n) is 21.1. The van der Waals surface area contributed by atoms with Gasteiger partial charge in [-0.15, -0.1) is 0 Å². The SMILES string of the molecule is CCCCCCCCCCCCCCCCCCCCCCCCCCCCCCCCCCCCCCC=COP(C)(=O)OC. The zero-order valence-electron chi connectivity index (χ0n) is 32.0. The lowest BCUT2D eigenvalue weighted by molar-refractivity contribution is 0.305. The van der Waals surface area contributed by atoms with Crippen LogP contribution < -0.4 is 0 Å². The minimum absolute atomic E-state index is 0.989. The molecule has 0 rings (SSSR count). The minimum Gasteiger partial charge on any atom is -0.433 e. The molecule has 0 bridgehead atoms. The van der Waals surface area contributed by atoms with Crippen LogP contribution in [0.3, 0.4) is 0 Å². The highest BCUT2D eigenvalue weighted by Crippen LogP contribution is 2.42. The van der Waals surface area contributed by atoms with Crippen LogP contribution in [-0.4, -0.2) is 13.8 Å². The van der Waals surface area contributed by atoms with E-state index in [2.05, 4.69) is 6.92 Å². The molecule has 3 nitrogen and oxygen atoms in total. The summed E-state index contributed by atoms with van der Waals surface area (Å²) in [4.78, 5) is 0. The molecule has 0 amide bonds. The maximum Gasteiger partial charge on any atom is 0.375 e. The van der Waals surface area contributed by atoms with E-state index in [0.717, 1.165) is 6.42 Å². The molecule has 276 valence electrons. The first-order valence-corrected chi connectivity index (χ1v) is 23.1. The molecule has 4 heteroatoms. The Bertz CT molecular complexity index is 634. The van der Waals surface area contributed by atoms with E-state index >= 15 is 0 Å². The van der Waals surface area contributed by atoms with Gasteiger partial charge in [-0.05, 0) is 18.9 Å². The molecule has 0 spiro atoms. The summed E-state index contributed by atoms with van der Waals surface area (Å²) in [7, 11) is -1.45. The molecule has 0 heterocycles. The lowest BCUT2D eigenvalue weighted by atomic mass is 10.0. The van der Waals surface area contributed by atoms with Gasteiger partial charge in [0.25, 0.3) is 0 Å². The second-order valence-corrected chi connectivity index (χ2v) is 16.7. The van der Waals surface area contributed by atoms with Crippen molar-refractivity contribution in [1.29, 1.82) is 0 Å². The van der Waals surface area contributed by atoms with Crippen molar-refractivity contribution in [1.82, 2.24) is 0 Å². The number of allylic oxidation sites excluding steroid dienone is 1. The van der Waals surface area contributed by atoms with Crippen LogP contribution in [0.4, 0.5) is 0 Å². The predicted molar refractivity (Wildman–Crippen MR) is 207 cm³/mol. The molecule has 0 radical (unpaired) electrons. The first-order chi connectivity index (χ1) is 22.6. The number of hydrogen-bond acceptors (Lipinski definition) is 3. The van der Waals surface area contributed by atoms with E-state index in [-0.39, 0.29) is 0 Å². The van der Waals surface area contributed by atoms with E-state index in [9.17, 15) is 4.57 Å². The normalized spacial score (nSPS) is 13.1. The molecular formula is C42H85O3P. The van der Waals surface area contributed by atoms with Gasteiger partial charge in [-0.2, -0.15) is 0 Å². The third kappa shape index (κ3) is 39.9. The third-order valence-corrected chi connectivity index (χ3v) is 11.1. The van der Waals surface area contributed by atoms with Crippen molar-refractivity contribution in [3.05, 3.63) is 12.3 Å². The summed E-state index contributed by atoms with van der Waals surface area (Å²) < 4.78 is 21.5. The van der Waals surface area contributed by atoms with Gasteiger partial charge in [0.2, 0.25) is 0 Å². The molecule has 1 unspecified atom stereocenters. The smallest absolute Gasteiger partial charge is 0.375 e. The molecule has 0 aliphatic carbocycles. The van der Waals surface area contributed by atoms with Gasteiger partial charge in [-0.3, -0.25) is 0 Å². The highest BCUT2D eigenvalue weighted by atomic mass is 31.2. The van der Waals surface area contributed by atoms with Crippen LogP contribution in [0, 0.1) is 0 Å². The molecule has 0 fully saturated rings. The lowest BCUT2D eigenvalue weighted by Gasteiger charge is -2.07. The quantitative estimate of drug-likeness (QED) is 0.0370. The molecule has 0 aliphatic heterocycles. The fourth-order valence-corrected chi connectivity index (χ4v) is 7.00. The van der Waals surface area contributed by atoms with Crippen molar-refractivity contribution in [2.75, 3.05) is 13.8 Å². The summed E-state index contributed by atoms with van der Waals surface area (Å²) in [6.07, 6.45) is 56.5. The molecule has 0 saturated carbocycles. The second kappa shape index (κ2) is 39.2. The van der Waals surface area contributed by atoms with Crippen molar-refractivity contribution in [3.8, 4) is 0 Å². The van der Waals surface area contributed by atoms with Crippen molar-refractivity contribution in [2.45, 2.75) is 244 Å². The fourth-order valence-electron chi connectivity index (χ4n) is 6.61. The summed E-state index contributed by atoms with van der Waals surface area (Å²) >= 11 is 0. The Balaban J connectivity index is 3.09. The summed E-state index contributed by atoms with van der Waals surface area (Å²) in [6.45, 7) is 3.79. The van der Waals surface area contributed by atoms with Crippen LogP contribution in [0.5, 0.6) is 0 Å². The van der Waals surface area contributed by atoms with Gasteiger partial charge in [-0.25, -0.2) is 4.57 Å². The van der Waals surface area contributed by atoms with Crippen LogP contribution in [0.25, 0.3) is 0 Å². The monoisotopic (exact) mass is 669 g/mol. The largest absolute Gasteiger partial charge is 0.433 e. The average molecular weight is 669 g/mol. The molecule has 46 heavy (non-hydrogen) atoms. The Hall–Kier alpha value is -0.270. The van der Waals surface area contributed by atoms with E-state index in [1.54, 1.807) is 0 Å². The van der Waals surface area contributed by atoms with E-state index < -0.39 is 7.60 Å². The van der Waals surface area contributed by atoms with Crippen molar-refractivity contribution >= 4 is 7.60 Å². The second-order valence-electron chi connectivity index (χ2n) is 14.6. The predicted octanol–water partition coefficient (Wildman–Crippen LogP) is 16.4. The van der Waals surface area contributed by atoms with Crippen LogP contribution in [0.1, 0.15) is 244 Å². The van der Waals surface area contributed by atoms with Gasteiger partial charge in [-0.1, -0.05) is 232 Å². The molecule has 0 saturated heterocycles. The molecule has 0 aromatic carbocycles. The van der Waals surface area contributed by atoms with Gasteiger partial charge in [0.1, 0.15) is 0 Å². The van der Waals surface area contributed by atoms with Gasteiger partial charge in [0.05, 0.1) is 6.26 Å². The third-order valence-electron chi connectivity index (χ3n) is 9.90. The fraction of sp³-hybridized carbons (Fsp3) is 0.952. The highest BCUT2D eigenvalue weighted by molar-refractivity contribution is 7.53. The highest BCUT2D eigenvalue weighted by Gasteiger charge is 2.11. The van der Waals surface area contributed by atoms with Crippen LogP contribution in [0.2, 0.25) is 0 Å². The summed E-state index contributed by atoms with van der Waals surface area (Å²) in [6, 6.07) is 0. The van der Waals surface area contributed by atoms with E-state index in [1.165, 1.54) is 251 Å². The Kier molecular flexibility index (Phi) is 38.9. The Morgan fingerprint density at radius 3 is 0.826 bits per heavy atom. The summed E-state index contributed by atoms with van der Waals surface area (Å²) in [5.41, 5.74) is 0. The van der Waals surface area contributed by atoms with Crippen LogP contribution >= 0.6 is 7.60 Å². The lowest BCUT2D eigenvalue weighted by Crippen LogP contribution is -1.85. The molecule has 0 aromatic heterocycles. The molecular weight excluding hydrogens is 583 g/mol. The standard InChI is InChI=1S/C42H85O3P/c1-4-5-6-7-8-9-10-11-12-13-14-15-16-17-18-19-20-21-22-23-24-25-26-27-28-29-30-31-32-33-34-35-36-37-38-39-40-41-42-45-46(3,43)44-2/h41-42H,4-40H2,1-3H3. The van der Waals surface area contributed by atoms with E-state index in [1.807, 2.05) is 6.08 Å². The van der Waals surface area contributed by atoms with Gasteiger partial charge in [0, 0.05) is 13.8 Å². The van der Waals surface area contributed by atoms with Crippen molar-refractivity contribution in [3.63, 3.8) is 0 Å². The first kappa shape index (κ1) is 45.7. The zero-order valence-corrected chi connectivity index (χ0v) is 32.9. The van der Waals surface area contributed by atoms with Crippen LogP contribution in [-0.2, 0) is 13.6 Å². The molecule has 0 aliphatic rings. The maximum atomic E-state index is 11.6. The van der Waals surface area contributed by atoms with Gasteiger partial charge < -0.3 is 9.05 Å². The molecule has 0 aromatic rings. The Morgan fingerprint density at radius 1 is 0.391 bits per heavy atom. The molecule has 1 atom stereocenters. The number of rotatable bonds is 40. The summed E-state index contributed by atoms with van der Waals surface area (Å²) in [5.74, 6) is 0. The molecule has 0 N–H and O–H groups in total. The maximum absolute atomic E-state index is 11.6. The number of hydrogen-bond donors (Lipinski definition) is 0. The topological polar surface area (TPSA) is 35.5 Å². The Labute approximate surface area is 291 Å².